The molecule has 0 aliphatic heterocycles. The van der Waals surface area contributed by atoms with Crippen LogP contribution in [0, 0.1) is 5.82 Å². The van der Waals surface area contributed by atoms with Crippen LogP contribution in [0.2, 0.25) is 0 Å². The van der Waals surface area contributed by atoms with Crippen molar-refractivity contribution in [3.63, 3.8) is 0 Å². The zero-order valence-electron chi connectivity index (χ0n) is 17.7. The quantitative estimate of drug-likeness (QED) is 0.375. The Labute approximate surface area is 186 Å². The van der Waals surface area contributed by atoms with Gasteiger partial charge in [0, 0.05) is 36.3 Å². The van der Waals surface area contributed by atoms with Gasteiger partial charge in [-0.05, 0) is 35.9 Å². The van der Waals surface area contributed by atoms with Gasteiger partial charge < -0.3 is 11.1 Å². The lowest BCUT2D eigenvalue weighted by molar-refractivity contribution is -0.140. The number of pyridine rings is 1. The van der Waals surface area contributed by atoms with Crippen LogP contribution in [0.25, 0.3) is 22.9 Å². The van der Waals surface area contributed by atoms with Crippen molar-refractivity contribution in [2.75, 3.05) is 11.1 Å². The highest BCUT2D eigenvalue weighted by molar-refractivity contribution is 5.86. The predicted molar refractivity (Wildman–Crippen MR) is 119 cm³/mol. The molecule has 0 saturated heterocycles. The maximum atomic E-state index is 13.5. The number of halogens is 4. The molecule has 0 bridgehead atoms. The fourth-order valence-electron chi connectivity index (χ4n) is 3.44. The van der Waals surface area contributed by atoms with Crippen molar-refractivity contribution in [3.8, 4) is 11.3 Å². The number of nitrogen functional groups attached to an aromatic ring is 1. The minimum Gasteiger partial charge on any atom is -0.382 e. The number of anilines is 2. The highest BCUT2D eigenvalue weighted by Crippen LogP contribution is 2.33. The van der Waals surface area contributed by atoms with E-state index in [2.05, 4.69) is 15.3 Å². The summed E-state index contributed by atoms with van der Waals surface area (Å²) in [6, 6.07) is 6.32. The lowest BCUT2D eigenvalue weighted by Gasteiger charge is -2.08. The van der Waals surface area contributed by atoms with E-state index in [0.29, 0.717) is 22.8 Å². The maximum Gasteiger partial charge on any atom is 0.419 e. The standard InChI is InChI=1S/C23H20F4N6/c1-13(2)22-32-19(20-21(28)31-9-10-33(20)22)15-6-8-30-18(12-15)29-7-5-14-3-4-17(24)16(11-14)23(25,26)27/h3-13H,1-2H3,(H2,28,31)(H,29,30)/b7-5+. The van der Waals surface area contributed by atoms with Crippen molar-refractivity contribution in [3.05, 3.63) is 77.9 Å². The summed E-state index contributed by atoms with van der Waals surface area (Å²) in [6.45, 7) is 4.05. The van der Waals surface area contributed by atoms with E-state index in [9.17, 15) is 17.6 Å². The molecule has 33 heavy (non-hydrogen) atoms. The van der Waals surface area contributed by atoms with Gasteiger partial charge in [0.1, 0.15) is 34.5 Å². The van der Waals surface area contributed by atoms with Crippen LogP contribution in [0.15, 0.2) is 55.1 Å². The molecular weight excluding hydrogens is 436 g/mol. The first-order valence-electron chi connectivity index (χ1n) is 10.0. The number of benzene rings is 1. The lowest BCUT2D eigenvalue weighted by atomic mass is 10.1. The number of rotatable bonds is 5. The Morgan fingerprint density at radius 1 is 1.09 bits per heavy atom. The van der Waals surface area contributed by atoms with Crippen LogP contribution in [0.5, 0.6) is 0 Å². The first kappa shape index (κ1) is 22.3. The highest BCUT2D eigenvalue weighted by atomic mass is 19.4. The molecule has 0 radical (unpaired) electrons. The largest absolute Gasteiger partial charge is 0.419 e. The Morgan fingerprint density at radius 3 is 2.61 bits per heavy atom. The Kier molecular flexibility index (Phi) is 5.75. The molecule has 4 aromatic rings. The summed E-state index contributed by atoms with van der Waals surface area (Å²) < 4.78 is 54.1. The molecule has 0 aliphatic rings. The molecule has 6 nitrogen and oxygen atoms in total. The topological polar surface area (TPSA) is 81.1 Å². The first-order chi connectivity index (χ1) is 15.6. The smallest absolute Gasteiger partial charge is 0.382 e. The molecule has 4 rings (SSSR count). The minimum atomic E-state index is -4.77. The van der Waals surface area contributed by atoms with E-state index < -0.39 is 17.6 Å². The molecule has 1 aromatic carbocycles. The molecule has 0 amide bonds. The number of hydrogen-bond donors (Lipinski definition) is 2. The van der Waals surface area contributed by atoms with Crippen molar-refractivity contribution in [1.82, 2.24) is 19.4 Å². The SMILES string of the molecule is CC(C)c1nc(-c2ccnc(N/C=C/c3ccc(F)c(C(F)(F)F)c3)c2)c2c(N)nccn12. The Bertz CT molecular complexity index is 1340. The number of aromatic nitrogens is 4. The lowest BCUT2D eigenvalue weighted by Crippen LogP contribution is -2.08. The molecular formula is C23H20F4N6. The fraction of sp³-hybridized carbons (Fsp3) is 0.174. The van der Waals surface area contributed by atoms with Gasteiger partial charge in [-0.15, -0.1) is 0 Å². The third-order valence-electron chi connectivity index (χ3n) is 4.96. The summed E-state index contributed by atoms with van der Waals surface area (Å²) in [5.74, 6) is 0.445. The van der Waals surface area contributed by atoms with Gasteiger partial charge in [-0.3, -0.25) is 4.40 Å². The van der Waals surface area contributed by atoms with Gasteiger partial charge in [0.2, 0.25) is 0 Å². The van der Waals surface area contributed by atoms with E-state index in [1.54, 1.807) is 30.7 Å². The summed E-state index contributed by atoms with van der Waals surface area (Å²) in [5, 5.41) is 2.92. The molecule has 0 fully saturated rings. The van der Waals surface area contributed by atoms with Gasteiger partial charge in [0.05, 0.1) is 5.56 Å². The van der Waals surface area contributed by atoms with Crippen molar-refractivity contribution in [2.24, 2.45) is 0 Å². The molecule has 0 atom stereocenters. The van der Waals surface area contributed by atoms with E-state index in [1.807, 2.05) is 18.2 Å². The highest BCUT2D eigenvalue weighted by Gasteiger charge is 2.34. The number of hydrogen-bond acceptors (Lipinski definition) is 5. The van der Waals surface area contributed by atoms with Crippen LogP contribution < -0.4 is 11.1 Å². The Hall–Kier alpha value is -3.95. The molecule has 170 valence electrons. The summed E-state index contributed by atoms with van der Waals surface area (Å²) in [5.41, 5.74) is 7.06. The van der Waals surface area contributed by atoms with E-state index in [0.717, 1.165) is 23.5 Å². The number of fused-ring (bicyclic) bond motifs is 1. The fourth-order valence-corrected chi connectivity index (χ4v) is 3.44. The van der Waals surface area contributed by atoms with Gasteiger partial charge >= 0.3 is 6.18 Å². The van der Waals surface area contributed by atoms with Crippen molar-refractivity contribution in [2.45, 2.75) is 25.9 Å². The molecule has 0 unspecified atom stereocenters. The first-order valence-corrected chi connectivity index (χ1v) is 10.0. The number of nitrogens with one attached hydrogen (secondary N) is 1. The third kappa shape index (κ3) is 4.50. The van der Waals surface area contributed by atoms with E-state index in [-0.39, 0.29) is 11.5 Å². The van der Waals surface area contributed by atoms with Crippen molar-refractivity contribution < 1.29 is 17.6 Å². The van der Waals surface area contributed by atoms with Gasteiger partial charge in [-0.2, -0.15) is 13.2 Å². The average Bonchev–Trinajstić information content (AvgIpc) is 3.16. The van der Waals surface area contributed by atoms with Crippen LogP contribution in [-0.4, -0.2) is 19.4 Å². The normalized spacial score (nSPS) is 12.2. The van der Waals surface area contributed by atoms with Gasteiger partial charge in [0.15, 0.2) is 0 Å². The summed E-state index contributed by atoms with van der Waals surface area (Å²) in [6.07, 6.45) is 3.06. The van der Waals surface area contributed by atoms with Crippen molar-refractivity contribution in [1.29, 1.82) is 0 Å². The van der Waals surface area contributed by atoms with E-state index in [1.165, 1.54) is 18.3 Å². The van der Waals surface area contributed by atoms with Gasteiger partial charge in [0.25, 0.3) is 0 Å². The second kappa shape index (κ2) is 8.53. The van der Waals surface area contributed by atoms with Crippen LogP contribution in [-0.2, 0) is 6.18 Å². The Balaban J connectivity index is 1.63. The molecule has 3 N–H and O–H groups in total. The average molecular weight is 456 g/mol. The van der Waals surface area contributed by atoms with Crippen molar-refractivity contribution >= 4 is 23.2 Å². The monoisotopic (exact) mass is 456 g/mol. The molecule has 10 heteroatoms. The van der Waals surface area contributed by atoms with E-state index in [4.69, 9.17) is 10.7 Å². The molecule has 3 heterocycles. The van der Waals surface area contributed by atoms with Gasteiger partial charge in [-0.1, -0.05) is 19.9 Å². The zero-order valence-corrected chi connectivity index (χ0v) is 17.7. The predicted octanol–water partition coefficient (Wildman–Crippen LogP) is 5.74. The number of nitrogens with two attached hydrogens (primary N) is 1. The second-order valence-electron chi connectivity index (χ2n) is 7.65. The summed E-state index contributed by atoms with van der Waals surface area (Å²) in [7, 11) is 0. The van der Waals surface area contributed by atoms with Gasteiger partial charge in [-0.25, -0.2) is 19.3 Å². The second-order valence-corrected chi connectivity index (χ2v) is 7.65. The molecule has 0 spiro atoms. The van der Waals surface area contributed by atoms with Crippen LogP contribution in [0.1, 0.15) is 36.7 Å². The third-order valence-corrected chi connectivity index (χ3v) is 4.96. The minimum absolute atomic E-state index is 0.146. The molecule has 0 aliphatic carbocycles. The number of alkyl halides is 3. The molecule has 0 saturated carbocycles. The molecule has 3 aromatic heterocycles. The summed E-state index contributed by atoms with van der Waals surface area (Å²) in [4.78, 5) is 13.2. The van der Waals surface area contributed by atoms with Crippen LogP contribution in [0.4, 0.5) is 29.2 Å². The number of imidazole rings is 1. The zero-order chi connectivity index (χ0) is 23.8. The number of nitrogens with zero attached hydrogens (tertiary/aromatic N) is 4. The Morgan fingerprint density at radius 2 is 1.88 bits per heavy atom. The van der Waals surface area contributed by atoms with E-state index >= 15 is 0 Å². The van der Waals surface area contributed by atoms with Crippen LogP contribution >= 0.6 is 0 Å². The van der Waals surface area contributed by atoms with Crippen LogP contribution in [0.3, 0.4) is 0 Å². The maximum absolute atomic E-state index is 13.5. The summed E-state index contributed by atoms with van der Waals surface area (Å²) >= 11 is 0.